The van der Waals surface area contributed by atoms with Gasteiger partial charge in [0.15, 0.2) is 5.82 Å². The van der Waals surface area contributed by atoms with Crippen LogP contribution in [-0.2, 0) is 12.4 Å². The molecule has 2 aromatic rings. The first kappa shape index (κ1) is 16.8. The molecule has 0 N–H and O–H groups in total. The number of alkyl halides is 6. The van der Waals surface area contributed by atoms with Crippen molar-refractivity contribution in [3.8, 4) is 11.5 Å². The average molecular weight is 362 g/mol. The number of nitrogens with zero attached hydrogens (tertiary/aromatic N) is 3. The lowest BCUT2D eigenvalue weighted by molar-refractivity contribution is -0.141. The van der Waals surface area contributed by atoms with E-state index in [4.69, 9.17) is 23.2 Å². The molecule has 0 saturated heterocycles. The molecule has 118 valence electrons. The molecule has 0 atom stereocenters. The van der Waals surface area contributed by atoms with Gasteiger partial charge in [0.1, 0.15) is 16.5 Å². The Hall–Kier alpha value is -1.61. The maximum atomic E-state index is 12.6. The smallest absolute Gasteiger partial charge is 0.251 e. The second kappa shape index (κ2) is 5.54. The highest BCUT2D eigenvalue weighted by atomic mass is 35.5. The van der Waals surface area contributed by atoms with Crippen molar-refractivity contribution in [2.24, 2.45) is 0 Å². The van der Waals surface area contributed by atoms with Crippen LogP contribution >= 0.6 is 23.2 Å². The summed E-state index contributed by atoms with van der Waals surface area (Å²) in [5.74, 6) is -0.626. The molecule has 0 radical (unpaired) electrons. The van der Waals surface area contributed by atoms with Gasteiger partial charge in [-0.1, -0.05) is 23.2 Å². The molecule has 0 aliphatic carbocycles. The highest BCUT2D eigenvalue weighted by molar-refractivity contribution is 6.33. The SMILES string of the molecule is FC(F)(F)c1cnc(-c2nc(Cl)cc(C(F)(F)F)n2)c(Cl)c1. The molecule has 0 spiro atoms. The van der Waals surface area contributed by atoms with Crippen molar-refractivity contribution in [2.75, 3.05) is 0 Å². The number of rotatable bonds is 1. The Bertz CT molecular complexity index is 714. The fourth-order valence-corrected chi connectivity index (χ4v) is 1.86. The Morgan fingerprint density at radius 2 is 1.50 bits per heavy atom. The molecular formula is C11H3Cl2F6N3. The van der Waals surface area contributed by atoms with E-state index in [0.717, 1.165) is 0 Å². The van der Waals surface area contributed by atoms with E-state index in [2.05, 4.69) is 15.0 Å². The quantitative estimate of drug-likeness (QED) is 0.536. The van der Waals surface area contributed by atoms with Gasteiger partial charge in [-0.25, -0.2) is 9.97 Å². The largest absolute Gasteiger partial charge is 0.433 e. The van der Waals surface area contributed by atoms with E-state index < -0.39 is 45.3 Å². The summed E-state index contributed by atoms with van der Waals surface area (Å²) in [6, 6.07) is 0.991. The molecule has 0 aromatic carbocycles. The molecule has 0 bridgehead atoms. The molecule has 2 heterocycles. The van der Waals surface area contributed by atoms with Crippen molar-refractivity contribution >= 4 is 23.2 Å². The van der Waals surface area contributed by atoms with E-state index in [1.165, 1.54) is 0 Å². The van der Waals surface area contributed by atoms with Crippen LogP contribution in [0.2, 0.25) is 10.2 Å². The second-order valence-corrected chi connectivity index (χ2v) is 4.74. The van der Waals surface area contributed by atoms with Gasteiger partial charge in [0, 0.05) is 12.3 Å². The second-order valence-electron chi connectivity index (χ2n) is 3.95. The summed E-state index contributed by atoms with van der Waals surface area (Å²) in [7, 11) is 0. The molecule has 0 unspecified atom stereocenters. The Kier molecular flexibility index (Phi) is 4.22. The zero-order chi connectivity index (χ0) is 16.7. The van der Waals surface area contributed by atoms with Crippen LogP contribution in [0, 0.1) is 0 Å². The molecule has 2 rings (SSSR count). The lowest BCUT2D eigenvalue weighted by atomic mass is 10.2. The maximum absolute atomic E-state index is 12.6. The number of hydrogen-bond donors (Lipinski definition) is 0. The van der Waals surface area contributed by atoms with Crippen LogP contribution in [0.5, 0.6) is 0 Å². The molecular weight excluding hydrogens is 359 g/mol. The lowest BCUT2D eigenvalue weighted by Crippen LogP contribution is -2.10. The van der Waals surface area contributed by atoms with Crippen molar-refractivity contribution in [3.63, 3.8) is 0 Å². The Morgan fingerprint density at radius 1 is 0.864 bits per heavy atom. The van der Waals surface area contributed by atoms with Crippen LogP contribution in [-0.4, -0.2) is 15.0 Å². The van der Waals surface area contributed by atoms with Crippen LogP contribution in [0.3, 0.4) is 0 Å². The van der Waals surface area contributed by atoms with E-state index in [1.54, 1.807) is 0 Å². The molecule has 0 fully saturated rings. The Morgan fingerprint density at radius 3 is 2.00 bits per heavy atom. The summed E-state index contributed by atoms with van der Waals surface area (Å²) in [6.07, 6.45) is -9.08. The fraction of sp³-hybridized carbons (Fsp3) is 0.182. The Balaban J connectivity index is 2.55. The van der Waals surface area contributed by atoms with Gasteiger partial charge in [0.05, 0.1) is 10.6 Å². The van der Waals surface area contributed by atoms with Crippen LogP contribution in [0.15, 0.2) is 18.3 Å². The van der Waals surface area contributed by atoms with Crippen molar-refractivity contribution < 1.29 is 26.3 Å². The molecule has 2 aromatic heterocycles. The van der Waals surface area contributed by atoms with E-state index in [0.29, 0.717) is 18.3 Å². The van der Waals surface area contributed by atoms with Gasteiger partial charge in [-0.05, 0) is 6.07 Å². The van der Waals surface area contributed by atoms with E-state index in [9.17, 15) is 26.3 Å². The van der Waals surface area contributed by atoms with E-state index in [-0.39, 0.29) is 0 Å². The van der Waals surface area contributed by atoms with E-state index >= 15 is 0 Å². The third-order valence-electron chi connectivity index (χ3n) is 2.37. The van der Waals surface area contributed by atoms with Crippen LogP contribution in [0.1, 0.15) is 11.3 Å². The minimum Gasteiger partial charge on any atom is -0.251 e. The van der Waals surface area contributed by atoms with Crippen LogP contribution in [0.25, 0.3) is 11.5 Å². The predicted octanol–water partition coefficient (Wildman–Crippen LogP) is 4.88. The summed E-state index contributed by atoms with van der Waals surface area (Å²) >= 11 is 11.1. The number of halogens is 8. The zero-order valence-electron chi connectivity index (χ0n) is 10.1. The number of pyridine rings is 1. The summed E-state index contributed by atoms with van der Waals surface area (Å²) in [4.78, 5) is 10.1. The molecule has 0 saturated carbocycles. The molecule has 11 heteroatoms. The monoisotopic (exact) mass is 361 g/mol. The van der Waals surface area contributed by atoms with Gasteiger partial charge >= 0.3 is 12.4 Å². The molecule has 22 heavy (non-hydrogen) atoms. The summed E-state index contributed by atoms with van der Waals surface area (Å²) in [5.41, 5.74) is -2.96. The van der Waals surface area contributed by atoms with Gasteiger partial charge in [0.25, 0.3) is 0 Å². The summed E-state index contributed by atoms with van der Waals surface area (Å²) in [6.45, 7) is 0. The third kappa shape index (κ3) is 3.58. The third-order valence-corrected chi connectivity index (χ3v) is 2.85. The van der Waals surface area contributed by atoms with Gasteiger partial charge in [-0.15, -0.1) is 0 Å². The minimum absolute atomic E-state index is 0.415. The molecule has 3 nitrogen and oxygen atoms in total. The maximum Gasteiger partial charge on any atom is 0.433 e. The highest BCUT2D eigenvalue weighted by Gasteiger charge is 2.35. The fourth-order valence-electron chi connectivity index (χ4n) is 1.43. The van der Waals surface area contributed by atoms with E-state index in [1.807, 2.05) is 0 Å². The van der Waals surface area contributed by atoms with Gasteiger partial charge in [-0.3, -0.25) is 4.98 Å². The van der Waals surface area contributed by atoms with Gasteiger partial charge in [-0.2, -0.15) is 26.3 Å². The zero-order valence-corrected chi connectivity index (χ0v) is 11.6. The molecule has 0 aliphatic heterocycles. The van der Waals surface area contributed by atoms with Gasteiger partial charge in [0.2, 0.25) is 0 Å². The van der Waals surface area contributed by atoms with Crippen molar-refractivity contribution in [2.45, 2.75) is 12.4 Å². The minimum atomic E-state index is -4.81. The van der Waals surface area contributed by atoms with Crippen LogP contribution < -0.4 is 0 Å². The predicted molar refractivity (Wildman–Crippen MR) is 65.3 cm³/mol. The highest BCUT2D eigenvalue weighted by Crippen LogP contribution is 2.35. The Labute approximate surface area is 128 Å². The topological polar surface area (TPSA) is 38.7 Å². The van der Waals surface area contributed by atoms with Crippen LogP contribution in [0.4, 0.5) is 26.3 Å². The standard InChI is InChI=1S/C11H3Cl2F6N3/c12-5-1-4(10(14,15)16)3-20-8(5)9-21-6(11(17,18)19)2-7(13)22-9/h1-3H. The van der Waals surface area contributed by atoms with Crippen molar-refractivity contribution in [1.29, 1.82) is 0 Å². The first-order chi connectivity index (χ1) is 9.98. The van der Waals surface area contributed by atoms with Gasteiger partial charge < -0.3 is 0 Å². The first-order valence-electron chi connectivity index (χ1n) is 5.33. The normalized spacial score (nSPS) is 12.5. The first-order valence-corrected chi connectivity index (χ1v) is 6.09. The summed E-state index contributed by atoms with van der Waals surface area (Å²) in [5, 5.41) is -1.10. The van der Waals surface area contributed by atoms with Crippen molar-refractivity contribution in [3.05, 3.63) is 39.8 Å². The lowest BCUT2D eigenvalue weighted by Gasteiger charge is -2.10. The number of aromatic nitrogens is 3. The summed E-state index contributed by atoms with van der Waals surface area (Å²) < 4.78 is 75.4. The molecule has 0 aliphatic rings. The average Bonchev–Trinajstić information content (AvgIpc) is 2.35. The van der Waals surface area contributed by atoms with Crippen molar-refractivity contribution in [1.82, 2.24) is 15.0 Å². The molecule has 0 amide bonds. The number of hydrogen-bond acceptors (Lipinski definition) is 3.